The van der Waals surface area contributed by atoms with Crippen molar-refractivity contribution in [2.24, 2.45) is 0 Å². The van der Waals surface area contributed by atoms with Gasteiger partial charge in [-0.1, -0.05) is 24.0 Å². The van der Waals surface area contributed by atoms with E-state index in [1.54, 1.807) is 42.1 Å². The molecule has 1 aromatic carbocycles. The first-order valence-electron chi connectivity index (χ1n) is 9.52. The fourth-order valence-electron chi connectivity index (χ4n) is 2.59. The Bertz CT molecular complexity index is 1140. The summed E-state index contributed by atoms with van der Waals surface area (Å²) in [5.41, 5.74) is 4.23. The van der Waals surface area contributed by atoms with E-state index in [0.29, 0.717) is 17.9 Å². The molecule has 3 aromatic rings. The molecule has 3 N–H and O–H groups in total. The summed E-state index contributed by atoms with van der Waals surface area (Å²) in [5, 5.41) is 11.5. The summed E-state index contributed by atoms with van der Waals surface area (Å²) in [5.74, 6) is 5.20. The second-order valence-electron chi connectivity index (χ2n) is 6.40. The van der Waals surface area contributed by atoms with Crippen molar-refractivity contribution >= 4 is 12.0 Å². The van der Waals surface area contributed by atoms with Gasteiger partial charge in [-0.05, 0) is 30.3 Å². The van der Waals surface area contributed by atoms with Crippen molar-refractivity contribution < 1.29 is 24.3 Å². The van der Waals surface area contributed by atoms with Crippen LogP contribution in [0.4, 0.5) is 4.79 Å². The van der Waals surface area contributed by atoms with Gasteiger partial charge in [-0.25, -0.2) is 15.3 Å². The van der Waals surface area contributed by atoms with E-state index in [9.17, 15) is 9.59 Å². The van der Waals surface area contributed by atoms with Crippen molar-refractivity contribution in [3.8, 4) is 29.0 Å². The van der Waals surface area contributed by atoms with Crippen LogP contribution in [-0.2, 0) is 4.74 Å². The van der Waals surface area contributed by atoms with Crippen LogP contribution in [0.25, 0.3) is 11.3 Å². The monoisotopic (exact) mass is 432 g/mol. The SMILES string of the molecule is COCCNC(=O)Oc1cc(C(=O)NO)cc(-c2ccc(C#Cc3cccnc3)cc2)n1. The fourth-order valence-corrected chi connectivity index (χ4v) is 2.59. The first kappa shape index (κ1) is 22.4. The van der Waals surface area contributed by atoms with Crippen molar-refractivity contribution in [2.75, 3.05) is 20.3 Å². The highest BCUT2D eigenvalue weighted by Crippen LogP contribution is 2.23. The molecule has 0 aliphatic heterocycles. The molecule has 0 saturated heterocycles. The lowest BCUT2D eigenvalue weighted by atomic mass is 10.1. The molecule has 0 saturated carbocycles. The van der Waals surface area contributed by atoms with E-state index >= 15 is 0 Å². The van der Waals surface area contributed by atoms with Gasteiger partial charge in [0.2, 0.25) is 5.88 Å². The maximum atomic E-state index is 11.9. The Kier molecular flexibility index (Phi) is 7.86. The zero-order chi connectivity index (χ0) is 22.8. The highest BCUT2D eigenvalue weighted by atomic mass is 16.6. The predicted octanol–water partition coefficient (Wildman–Crippen LogP) is 2.40. The van der Waals surface area contributed by atoms with Gasteiger partial charge >= 0.3 is 6.09 Å². The van der Waals surface area contributed by atoms with Crippen molar-refractivity contribution in [3.63, 3.8) is 0 Å². The first-order chi connectivity index (χ1) is 15.6. The minimum absolute atomic E-state index is 0.0673. The quantitative estimate of drug-likeness (QED) is 0.237. The van der Waals surface area contributed by atoms with E-state index in [2.05, 4.69) is 27.1 Å². The summed E-state index contributed by atoms with van der Waals surface area (Å²) in [7, 11) is 1.51. The number of methoxy groups -OCH3 is 1. The van der Waals surface area contributed by atoms with Gasteiger partial charge < -0.3 is 14.8 Å². The summed E-state index contributed by atoms with van der Waals surface area (Å²) in [4.78, 5) is 32.2. The average Bonchev–Trinajstić information content (AvgIpc) is 2.83. The molecule has 0 atom stereocenters. The molecule has 0 aliphatic carbocycles. The van der Waals surface area contributed by atoms with Gasteiger partial charge in [0, 0.05) is 54.4 Å². The molecule has 9 heteroatoms. The molecule has 2 amide bonds. The minimum Gasteiger partial charge on any atom is -0.391 e. The number of ether oxygens (including phenoxy) is 2. The summed E-state index contributed by atoms with van der Waals surface area (Å²) in [6, 6.07) is 13.6. The lowest BCUT2D eigenvalue weighted by Crippen LogP contribution is -2.30. The minimum atomic E-state index is -0.766. The number of amides is 2. The standard InChI is InChI=1S/C23H20N4O5/c1-31-12-11-25-23(29)32-21-14-19(22(28)27-30)13-20(26-21)18-8-6-16(7-9-18)4-5-17-3-2-10-24-15-17/h2-3,6-10,13-15,30H,11-12H2,1H3,(H,25,29)(H,27,28). The predicted molar refractivity (Wildman–Crippen MR) is 115 cm³/mol. The van der Waals surface area contributed by atoms with E-state index in [1.807, 2.05) is 12.1 Å². The summed E-state index contributed by atoms with van der Waals surface area (Å²) in [6.07, 6.45) is 2.61. The van der Waals surface area contributed by atoms with Gasteiger partial charge in [0.1, 0.15) is 0 Å². The Morgan fingerprint density at radius 2 is 1.88 bits per heavy atom. The third kappa shape index (κ3) is 6.37. The Labute approximate surface area is 184 Å². The van der Waals surface area contributed by atoms with Crippen LogP contribution in [0.1, 0.15) is 21.5 Å². The normalized spacial score (nSPS) is 9.94. The van der Waals surface area contributed by atoms with E-state index in [4.69, 9.17) is 14.7 Å². The number of rotatable bonds is 6. The highest BCUT2D eigenvalue weighted by Gasteiger charge is 2.14. The van der Waals surface area contributed by atoms with E-state index in [-0.39, 0.29) is 18.0 Å². The summed E-state index contributed by atoms with van der Waals surface area (Å²) in [6.45, 7) is 0.567. The molecular formula is C23H20N4O5. The number of nitrogens with one attached hydrogen (secondary N) is 2. The van der Waals surface area contributed by atoms with Gasteiger partial charge in [0.15, 0.2) is 0 Å². The second-order valence-corrected chi connectivity index (χ2v) is 6.40. The third-order valence-electron chi connectivity index (χ3n) is 4.13. The topological polar surface area (TPSA) is 123 Å². The molecule has 162 valence electrons. The van der Waals surface area contributed by atoms with Gasteiger partial charge in [-0.3, -0.25) is 15.0 Å². The van der Waals surface area contributed by atoms with Gasteiger partial charge in [0.25, 0.3) is 5.91 Å². The van der Waals surface area contributed by atoms with Crippen LogP contribution in [-0.4, -0.2) is 47.4 Å². The number of aromatic nitrogens is 2. The Hall–Kier alpha value is -4.26. The van der Waals surface area contributed by atoms with Crippen LogP contribution in [0.3, 0.4) is 0 Å². The number of pyridine rings is 2. The molecule has 0 spiro atoms. The molecule has 2 aromatic heterocycles. The van der Waals surface area contributed by atoms with Crippen LogP contribution < -0.4 is 15.5 Å². The molecule has 2 heterocycles. The third-order valence-corrected chi connectivity index (χ3v) is 4.13. The molecule has 9 nitrogen and oxygen atoms in total. The Morgan fingerprint density at radius 3 is 2.56 bits per heavy atom. The van der Waals surface area contributed by atoms with Gasteiger partial charge in [-0.15, -0.1) is 0 Å². The summed E-state index contributed by atoms with van der Waals surface area (Å²) < 4.78 is 10.0. The van der Waals surface area contributed by atoms with E-state index < -0.39 is 12.0 Å². The number of carbonyl (C=O) groups is 2. The molecule has 0 radical (unpaired) electrons. The maximum absolute atomic E-state index is 11.9. The largest absolute Gasteiger partial charge is 0.414 e. The second kappa shape index (κ2) is 11.2. The average molecular weight is 432 g/mol. The Balaban J connectivity index is 1.83. The number of carbonyl (C=O) groups excluding carboxylic acids is 2. The molecule has 0 bridgehead atoms. The molecule has 0 aliphatic rings. The number of hydrogen-bond acceptors (Lipinski definition) is 7. The van der Waals surface area contributed by atoms with Crippen LogP contribution in [0.5, 0.6) is 5.88 Å². The van der Waals surface area contributed by atoms with Crippen LogP contribution in [0, 0.1) is 11.8 Å². The first-order valence-corrected chi connectivity index (χ1v) is 9.52. The van der Waals surface area contributed by atoms with Crippen molar-refractivity contribution in [1.29, 1.82) is 0 Å². The van der Waals surface area contributed by atoms with Crippen LogP contribution in [0.15, 0.2) is 60.9 Å². The molecule has 0 fully saturated rings. The zero-order valence-corrected chi connectivity index (χ0v) is 17.2. The smallest absolute Gasteiger partial charge is 0.391 e. The molecule has 3 rings (SSSR count). The number of hydroxylamine groups is 1. The fraction of sp³-hybridized carbons (Fsp3) is 0.130. The lowest BCUT2D eigenvalue weighted by molar-refractivity contribution is 0.0705. The Morgan fingerprint density at radius 1 is 1.09 bits per heavy atom. The van der Waals surface area contributed by atoms with Crippen molar-refractivity contribution in [2.45, 2.75) is 0 Å². The lowest BCUT2D eigenvalue weighted by Gasteiger charge is -2.09. The maximum Gasteiger partial charge on any atom is 0.414 e. The van der Waals surface area contributed by atoms with Crippen LogP contribution >= 0.6 is 0 Å². The zero-order valence-electron chi connectivity index (χ0n) is 17.2. The number of nitrogens with zero attached hydrogens (tertiary/aromatic N) is 2. The molecule has 0 unspecified atom stereocenters. The van der Waals surface area contributed by atoms with E-state index in [1.165, 1.54) is 19.2 Å². The number of hydrogen-bond donors (Lipinski definition) is 3. The van der Waals surface area contributed by atoms with Crippen molar-refractivity contribution in [3.05, 3.63) is 77.6 Å². The van der Waals surface area contributed by atoms with Crippen LogP contribution in [0.2, 0.25) is 0 Å². The molecule has 32 heavy (non-hydrogen) atoms. The van der Waals surface area contributed by atoms with Crippen molar-refractivity contribution in [1.82, 2.24) is 20.8 Å². The summed E-state index contributed by atoms with van der Waals surface area (Å²) >= 11 is 0. The van der Waals surface area contributed by atoms with E-state index in [0.717, 1.165) is 11.1 Å². The van der Waals surface area contributed by atoms with Gasteiger partial charge in [-0.2, -0.15) is 0 Å². The van der Waals surface area contributed by atoms with Gasteiger partial charge in [0.05, 0.1) is 12.3 Å². The number of benzene rings is 1. The molecular weight excluding hydrogens is 412 g/mol. The highest BCUT2D eigenvalue weighted by molar-refractivity contribution is 5.94.